The molecule has 0 saturated heterocycles. The first kappa shape index (κ1) is 13.6. The molecule has 0 spiro atoms. The molecule has 1 aromatic heterocycles. The maximum atomic E-state index is 9.66. The number of hydrogen-bond donors (Lipinski definition) is 3. The van der Waals surface area contributed by atoms with Gasteiger partial charge in [0.15, 0.2) is 0 Å². The molecule has 0 amide bonds. The van der Waals surface area contributed by atoms with E-state index in [0.717, 1.165) is 29.4 Å². The predicted molar refractivity (Wildman–Crippen MR) is 80.2 cm³/mol. The van der Waals surface area contributed by atoms with Crippen molar-refractivity contribution < 1.29 is 5.11 Å². The molecule has 4 heteroatoms. The lowest BCUT2D eigenvalue weighted by Crippen LogP contribution is -2.40. The number of hydrogen-bond acceptors (Lipinski definition) is 4. The molecule has 0 bridgehead atoms. The van der Waals surface area contributed by atoms with Crippen molar-refractivity contribution in [3.8, 4) is 0 Å². The quantitative estimate of drug-likeness (QED) is 0.722. The summed E-state index contributed by atoms with van der Waals surface area (Å²) in [4.78, 5) is 4.32. The van der Waals surface area contributed by atoms with Gasteiger partial charge in [-0.15, -0.1) is 0 Å². The van der Waals surface area contributed by atoms with Gasteiger partial charge in [-0.1, -0.05) is 26.0 Å². The Labute approximate surface area is 113 Å². The van der Waals surface area contributed by atoms with Crippen LogP contribution in [0.5, 0.6) is 0 Å². The highest BCUT2D eigenvalue weighted by atomic mass is 16.3. The van der Waals surface area contributed by atoms with Gasteiger partial charge in [-0.3, -0.25) is 4.98 Å². The lowest BCUT2D eigenvalue weighted by atomic mass is 9.93. The molecule has 0 aliphatic carbocycles. The highest BCUT2D eigenvalue weighted by Crippen LogP contribution is 2.29. The standard InChI is InChI=1S/C15H21N3O/c1-3-15(4-2,10-19)18-13-8-9-17-14-11(13)6-5-7-12(14)16/h5-9,19H,3-4,10,16H2,1-2H3,(H,17,18). The Kier molecular flexibility index (Phi) is 3.90. The maximum absolute atomic E-state index is 9.66. The van der Waals surface area contributed by atoms with Gasteiger partial charge >= 0.3 is 0 Å². The molecule has 2 rings (SSSR count). The molecule has 0 fully saturated rings. The van der Waals surface area contributed by atoms with E-state index >= 15 is 0 Å². The van der Waals surface area contributed by atoms with Gasteiger partial charge in [-0.2, -0.15) is 0 Å². The number of para-hydroxylation sites is 1. The normalized spacial score (nSPS) is 11.7. The average Bonchev–Trinajstić information content (AvgIpc) is 2.46. The van der Waals surface area contributed by atoms with Gasteiger partial charge in [0, 0.05) is 17.3 Å². The molecule has 2 aromatic rings. The smallest absolute Gasteiger partial charge is 0.0951 e. The molecule has 0 aliphatic rings. The Balaban J connectivity index is 2.49. The molecular weight excluding hydrogens is 238 g/mol. The van der Waals surface area contributed by atoms with Gasteiger partial charge in [0.2, 0.25) is 0 Å². The number of nitrogens with zero attached hydrogens (tertiary/aromatic N) is 1. The second kappa shape index (κ2) is 5.45. The van der Waals surface area contributed by atoms with Crippen LogP contribution in [0.25, 0.3) is 10.9 Å². The zero-order valence-corrected chi connectivity index (χ0v) is 11.5. The minimum atomic E-state index is -0.293. The Hall–Kier alpha value is -1.81. The topological polar surface area (TPSA) is 71.2 Å². The van der Waals surface area contributed by atoms with E-state index in [0.29, 0.717) is 5.69 Å². The van der Waals surface area contributed by atoms with Gasteiger partial charge in [0.25, 0.3) is 0 Å². The number of aromatic nitrogens is 1. The third kappa shape index (κ3) is 2.49. The zero-order valence-electron chi connectivity index (χ0n) is 11.5. The number of aliphatic hydroxyl groups is 1. The Bertz CT molecular complexity index is 556. The monoisotopic (exact) mass is 259 g/mol. The fourth-order valence-corrected chi connectivity index (χ4v) is 2.28. The largest absolute Gasteiger partial charge is 0.397 e. The number of nitrogens with two attached hydrogens (primary N) is 1. The number of nitrogen functional groups attached to an aromatic ring is 1. The van der Waals surface area contributed by atoms with Crippen LogP contribution in [-0.2, 0) is 0 Å². The van der Waals surface area contributed by atoms with E-state index in [4.69, 9.17) is 5.73 Å². The lowest BCUT2D eigenvalue weighted by Gasteiger charge is -2.32. The van der Waals surface area contributed by atoms with Crippen molar-refractivity contribution in [1.82, 2.24) is 4.98 Å². The van der Waals surface area contributed by atoms with Crippen LogP contribution in [0.1, 0.15) is 26.7 Å². The first-order chi connectivity index (χ1) is 9.15. The van der Waals surface area contributed by atoms with Crippen molar-refractivity contribution in [3.05, 3.63) is 30.5 Å². The van der Waals surface area contributed by atoms with Crippen LogP contribution in [0.4, 0.5) is 11.4 Å². The molecule has 0 saturated carbocycles. The van der Waals surface area contributed by atoms with Crippen LogP contribution in [0.3, 0.4) is 0 Å². The number of aliphatic hydroxyl groups excluding tert-OH is 1. The number of nitrogens with one attached hydrogen (secondary N) is 1. The molecule has 4 nitrogen and oxygen atoms in total. The van der Waals surface area contributed by atoms with E-state index in [9.17, 15) is 5.11 Å². The summed E-state index contributed by atoms with van der Waals surface area (Å²) in [5.41, 5.74) is 8.09. The van der Waals surface area contributed by atoms with E-state index in [1.807, 2.05) is 24.3 Å². The van der Waals surface area contributed by atoms with E-state index in [-0.39, 0.29) is 12.1 Å². The summed E-state index contributed by atoms with van der Waals surface area (Å²) >= 11 is 0. The summed E-state index contributed by atoms with van der Waals surface area (Å²) in [6, 6.07) is 7.69. The molecule has 0 radical (unpaired) electrons. The highest BCUT2D eigenvalue weighted by molar-refractivity contribution is 5.97. The van der Waals surface area contributed by atoms with Gasteiger partial charge in [0.1, 0.15) is 0 Å². The minimum absolute atomic E-state index is 0.103. The van der Waals surface area contributed by atoms with E-state index in [2.05, 4.69) is 24.1 Å². The molecule has 0 aliphatic heterocycles. The summed E-state index contributed by atoms with van der Waals surface area (Å²) in [7, 11) is 0. The van der Waals surface area contributed by atoms with Gasteiger partial charge in [-0.05, 0) is 25.0 Å². The second-order valence-corrected chi connectivity index (χ2v) is 4.87. The number of anilines is 2. The summed E-state index contributed by atoms with van der Waals surface area (Å²) in [6.45, 7) is 4.25. The molecule has 102 valence electrons. The summed E-state index contributed by atoms with van der Waals surface area (Å²) < 4.78 is 0. The molecule has 1 aromatic carbocycles. The zero-order chi connectivity index (χ0) is 13.9. The predicted octanol–water partition coefficient (Wildman–Crippen LogP) is 2.78. The first-order valence-electron chi connectivity index (χ1n) is 6.68. The lowest BCUT2D eigenvalue weighted by molar-refractivity contribution is 0.202. The Morgan fingerprint density at radius 3 is 2.63 bits per heavy atom. The van der Waals surface area contributed by atoms with Gasteiger partial charge in [-0.25, -0.2) is 0 Å². The van der Waals surface area contributed by atoms with Crippen LogP contribution >= 0.6 is 0 Å². The van der Waals surface area contributed by atoms with Crippen molar-refractivity contribution in [1.29, 1.82) is 0 Å². The maximum Gasteiger partial charge on any atom is 0.0951 e. The van der Waals surface area contributed by atoms with Crippen molar-refractivity contribution >= 4 is 22.3 Å². The van der Waals surface area contributed by atoms with Crippen LogP contribution in [0.2, 0.25) is 0 Å². The fraction of sp³-hybridized carbons (Fsp3) is 0.400. The summed E-state index contributed by atoms with van der Waals surface area (Å²) in [5, 5.41) is 14.1. The first-order valence-corrected chi connectivity index (χ1v) is 6.68. The van der Waals surface area contributed by atoms with Crippen LogP contribution in [-0.4, -0.2) is 22.2 Å². The Morgan fingerprint density at radius 2 is 2.00 bits per heavy atom. The van der Waals surface area contributed by atoms with Crippen molar-refractivity contribution in [2.45, 2.75) is 32.2 Å². The molecular formula is C15H21N3O. The molecule has 0 unspecified atom stereocenters. The Morgan fingerprint density at radius 1 is 1.26 bits per heavy atom. The van der Waals surface area contributed by atoms with Crippen LogP contribution in [0.15, 0.2) is 30.5 Å². The number of fused-ring (bicyclic) bond motifs is 1. The fourth-order valence-electron chi connectivity index (χ4n) is 2.28. The molecule has 4 N–H and O–H groups in total. The molecule has 0 atom stereocenters. The second-order valence-electron chi connectivity index (χ2n) is 4.87. The number of rotatable bonds is 5. The number of pyridine rings is 1. The summed E-state index contributed by atoms with van der Waals surface area (Å²) in [5.74, 6) is 0. The van der Waals surface area contributed by atoms with E-state index in [1.54, 1.807) is 6.20 Å². The number of benzene rings is 1. The third-order valence-electron chi connectivity index (χ3n) is 3.86. The van der Waals surface area contributed by atoms with Crippen molar-refractivity contribution in [3.63, 3.8) is 0 Å². The van der Waals surface area contributed by atoms with Gasteiger partial charge < -0.3 is 16.2 Å². The van der Waals surface area contributed by atoms with Gasteiger partial charge in [0.05, 0.1) is 23.3 Å². The van der Waals surface area contributed by atoms with Crippen LogP contribution < -0.4 is 11.1 Å². The average molecular weight is 259 g/mol. The van der Waals surface area contributed by atoms with Crippen molar-refractivity contribution in [2.24, 2.45) is 0 Å². The van der Waals surface area contributed by atoms with E-state index < -0.39 is 0 Å². The van der Waals surface area contributed by atoms with Crippen molar-refractivity contribution in [2.75, 3.05) is 17.7 Å². The van der Waals surface area contributed by atoms with E-state index in [1.165, 1.54) is 0 Å². The SMILES string of the molecule is CCC(CC)(CO)Nc1ccnc2c(N)cccc12. The minimum Gasteiger partial charge on any atom is -0.397 e. The molecule has 19 heavy (non-hydrogen) atoms. The highest BCUT2D eigenvalue weighted by Gasteiger charge is 2.25. The van der Waals surface area contributed by atoms with Crippen LogP contribution in [0, 0.1) is 0 Å². The third-order valence-corrected chi connectivity index (χ3v) is 3.86. The summed E-state index contributed by atoms with van der Waals surface area (Å²) in [6.07, 6.45) is 3.45. The molecule has 1 heterocycles.